The maximum Gasteiger partial charge on any atom is 0.319 e. The summed E-state index contributed by atoms with van der Waals surface area (Å²) in [6, 6.07) is 12.3. The molecule has 5 aromatic rings. The lowest BCUT2D eigenvalue weighted by molar-refractivity contribution is 0.107. The molecule has 46 heavy (non-hydrogen) atoms. The van der Waals surface area contributed by atoms with Gasteiger partial charge in [0, 0.05) is 35.7 Å². The molecule has 0 saturated carbocycles. The number of aromatic nitrogens is 5. The van der Waals surface area contributed by atoms with Gasteiger partial charge < -0.3 is 25.8 Å². The Morgan fingerprint density at radius 1 is 1.11 bits per heavy atom. The molecule has 3 aliphatic rings. The number of ether oxygens (including phenoxy) is 2. The number of fused-ring (bicyclic) bond motifs is 2. The maximum atomic E-state index is 16.9. The molecule has 4 N–H and O–H groups in total. The molecule has 0 radical (unpaired) electrons. The van der Waals surface area contributed by atoms with Crippen LogP contribution in [0.25, 0.3) is 33.1 Å². The van der Waals surface area contributed by atoms with Crippen molar-refractivity contribution >= 4 is 39.3 Å². The second-order valence-electron chi connectivity index (χ2n) is 12.3. The third-order valence-electron chi connectivity index (χ3n) is 9.57. The summed E-state index contributed by atoms with van der Waals surface area (Å²) in [5.74, 6) is 0.527. The largest absolute Gasteiger partial charge is 0.475 e. The summed E-state index contributed by atoms with van der Waals surface area (Å²) < 4.78 is 44.0. The summed E-state index contributed by atoms with van der Waals surface area (Å²) in [7, 11) is 0. The fraction of sp³-hybridized carbons (Fsp3) is 0.364. The molecule has 8 rings (SSSR count). The second-order valence-corrected chi connectivity index (χ2v) is 12.3. The van der Waals surface area contributed by atoms with Gasteiger partial charge >= 0.3 is 6.01 Å². The van der Waals surface area contributed by atoms with Crippen molar-refractivity contribution in [3.63, 3.8) is 0 Å². The minimum absolute atomic E-state index is 0.00621. The van der Waals surface area contributed by atoms with E-state index >= 15 is 4.39 Å². The van der Waals surface area contributed by atoms with Crippen molar-refractivity contribution in [1.82, 2.24) is 29.8 Å². The van der Waals surface area contributed by atoms with Crippen LogP contribution in [0.1, 0.15) is 37.8 Å². The highest BCUT2D eigenvalue weighted by Crippen LogP contribution is 2.44. The Labute approximate surface area is 263 Å². The summed E-state index contributed by atoms with van der Waals surface area (Å²) in [5, 5.41) is 0.996. The van der Waals surface area contributed by atoms with E-state index in [1.807, 2.05) is 48.2 Å². The molecule has 0 bridgehead atoms. The number of anilines is 3. The molecule has 13 heteroatoms. The van der Waals surface area contributed by atoms with Crippen molar-refractivity contribution in [3.05, 3.63) is 60.0 Å². The molecule has 1 aromatic carbocycles. The van der Waals surface area contributed by atoms with E-state index in [0.717, 1.165) is 24.9 Å². The number of halogens is 2. The first kappa shape index (κ1) is 28.6. The molecule has 236 valence electrons. The zero-order valence-electron chi connectivity index (χ0n) is 25.3. The highest BCUT2D eigenvalue weighted by atomic mass is 19.1. The number of hydrogen-bond donors (Lipinski definition) is 2. The van der Waals surface area contributed by atoms with Crippen LogP contribution in [0, 0.1) is 5.82 Å². The summed E-state index contributed by atoms with van der Waals surface area (Å²) in [6.07, 6.45) is 2.88. The first-order chi connectivity index (χ1) is 22.3. The Hall–Kier alpha value is -4.91. The molecular formula is C33H33F2N9O2. The van der Waals surface area contributed by atoms with Gasteiger partial charge in [-0.05, 0) is 44.5 Å². The average molecular weight is 626 g/mol. The molecule has 3 aliphatic heterocycles. The summed E-state index contributed by atoms with van der Waals surface area (Å²) in [4.78, 5) is 27.0. The molecule has 0 aliphatic carbocycles. The Balaban J connectivity index is 1.31. The van der Waals surface area contributed by atoms with Gasteiger partial charge in [0.05, 0.1) is 23.6 Å². The van der Waals surface area contributed by atoms with Gasteiger partial charge in [-0.1, -0.05) is 24.3 Å². The van der Waals surface area contributed by atoms with Crippen molar-refractivity contribution in [1.29, 1.82) is 0 Å². The van der Waals surface area contributed by atoms with Crippen LogP contribution in [0.4, 0.5) is 26.2 Å². The molecule has 3 atom stereocenters. The number of hydrogen-bond acceptors (Lipinski definition) is 11. The molecule has 2 fully saturated rings. The average Bonchev–Trinajstić information content (AvgIpc) is 3.51. The lowest BCUT2D eigenvalue weighted by atomic mass is 9.95. The minimum atomic E-state index is -0.916. The van der Waals surface area contributed by atoms with Gasteiger partial charge in [-0.15, -0.1) is 0 Å². The molecule has 0 unspecified atom stereocenters. The van der Waals surface area contributed by atoms with Crippen LogP contribution in [0.3, 0.4) is 0 Å². The first-order valence-electron chi connectivity index (χ1n) is 15.5. The third kappa shape index (κ3) is 4.60. The molecule has 0 amide bonds. The van der Waals surface area contributed by atoms with E-state index in [1.54, 1.807) is 12.3 Å². The number of nitrogen functional groups attached to an aromatic ring is 2. The number of nitrogens with two attached hydrogens (primary N) is 2. The first-order valence-corrected chi connectivity index (χ1v) is 15.5. The van der Waals surface area contributed by atoms with Crippen LogP contribution < -0.4 is 25.8 Å². The number of rotatable bonds is 6. The monoisotopic (exact) mass is 625 g/mol. The predicted molar refractivity (Wildman–Crippen MR) is 171 cm³/mol. The quantitative estimate of drug-likeness (QED) is 0.267. The molecule has 2 saturated heterocycles. The lowest BCUT2D eigenvalue weighted by Crippen LogP contribution is -2.43. The molecular weight excluding hydrogens is 592 g/mol. The van der Waals surface area contributed by atoms with Gasteiger partial charge in [0.2, 0.25) is 5.88 Å². The maximum absolute atomic E-state index is 16.9. The molecule has 11 nitrogen and oxygen atoms in total. The third-order valence-corrected chi connectivity index (χ3v) is 9.57. The van der Waals surface area contributed by atoms with Crippen LogP contribution in [0.5, 0.6) is 11.9 Å². The Kier molecular flexibility index (Phi) is 6.74. The fourth-order valence-corrected chi connectivity index (χ4v) is 7.37. The van der Waals surface area contributed by atoms with E-state index in [1.165, 1.54) is 0 Å². The number of benzene rings is 1. The molecule has 0 spiro atoms. The highest BCUT2D eigenvalue weighted by molar-refractivity contribution is 6.01. The number of alkyl halides is 1. The van der Waals surface area contributed by atoms with E-state index in [-0.39, 0.29) is 48.2 Å². The molecule has 4 aromatic heterocycles. The van der Waals surface area contributed by atoms with Crippen molar-refractivity contribution in [2.45, 2.75) is 43.9 Å². The van der Waals surface area contributed by atoms with Gasteiger partial charge in [-0.3, -0.25) is 4.90 Å². The topological polar surface area (TPSA) is 141 Å². The minimum Gasteiger partial charge on any atom is -0.475 e. The highest BCUT2D eigenvalue weighted by Gasteiger charge is 2.49. The molecule has 7 heterocycles. The van der Waals surface area contributed by atoms with Crippen molar-refractivity contribution in [2.24, 2.45) is 0 Å². The van der Waals surface area contributed by atoms with Crippen LogP contribution in [-0.4, -0.2) is 74.4 Å². The fourth-order valence-electron chi connectivity index (χ4n) is 7.37. The van der Waals surface area contributed by atoms with E-state index < -0.39 is 17.5 Å². The summed E-state index contributed by atoms with van der Waals surface area (Å²) in [6.45, 7) is 4.00. The summed E-state index contributed by atoms with van der Waals surface area (Å²) in [5.41, 5.74) is 13.9. The van der Waals surface area contributed by atoms with Gasteiger partial charge in [0.1, 0.15) is 53.4 Å². The normalized spacial score (nSPS) is 21.7. The van der Waals surface area contributed by atoms with Gasteiger partial charge in [0.25, 0.3) is 0 Å². The zero-order chi connectivity index (χ0) is 31.6. The predicted octanol–water partition coefficient (Wildman–Crippen LogP) is 4.85. The van der Waals surface area contributed by atoms with Gasteiger partial charge in [-0.2, -0.15) is 9.97 Å². The standard InChI is InChI=1S/C33H33F2N9O2/c1-18(20-7-4-10-38-29(20)37)44-12-13-45-31-25-28(26(35)27(40-31)22-14-24(36)39-23-8-3-2-6-21(22)23)41-32(42-30(25)44)46-17-33-9-5-11-43(33)16-19(34)15-33/h2-4,6-8,10,14,18-19H,5,9,11-13,15-17H2,1H3,(H2,36,39)(H2,37,38)/t18-,19-,33+/m1/s1. The lowest BCUT2D eigenvalue weighted by Gasteiger charge is -2.32. The summed E-state index contributed by atoms with van der Waals surface area (Å²) >= 11 is 0. The smallest absolute Gasteiger partial charge is 0.319 e. The van der Waals surface area contributed by atoms with Crippen molar-refractivity contribution in [2.75, 3.05) is 49.2 Å². The zero-order valence-corrected chi connectivity index (χ0v) is 25.3. The van der Waals surface area contributed by atoms with Gasteiger partial charge in [-0.25, -0.2) is 23.7 Å². The Bertz CT molecular complexity index is 2000. The second kappa shape index (κ2) is 10.9. The van der Waals surface area contributed by atoms with E-state index in [2.05, 4.69) is 19.9 Å². The van der Waals surface area contributed by atoms with Crippen LogP contribution >= 0.6 is 0 Å². The van der Waals surface area contributed by atoms with Crippen molar-refractivity contribution < 1.29 is 18.3 Å². The van der Waals surface area contributed by atoms with Gasteiger partial charge in [0.15, 0.2) is 5.82 Å². The van der Waals surface area contributed by atoms with E-state index in [9.17, 15) is 4.39 Å². The SMILES string of the molecule is C[C@H](c1cccnc1N)N1CCOc2nc(-c3cc(N)nc4ccccc34)c(F)c3nc(OC[C@@]45CCCN4C[C@H](F)C5)nc1c23. The van der Waals surface area contributed by atoms with Crippen LogP contribution in [0.15, 0.2) is 48.7 Å². The van der Waals surface area contributed by atoms with Crippen LogP contribution in [0.2, 0.25) is 0 Å². The van der Waals surface area contributed by atoms with E-state index in [0.29, 0.717) is 53.0 Å². The number of nitrogens with zero attached hydrogens (tertiary/aromatic N) is 7. The van der Waals surface area contributed by atoms with E-state index in [4.69, 9.17) is 30.9 Å². The number of para-hydroxylation sites is 1. The Morgan fingerprint density at radius 3 is 2.85 bits per heavy atom. The van der Waals surface area contributed by atoms with Crippen molar-refractivity contribution in [3.8, 4) is 23.1 Å². The number of pyridine rings is 3. The van der Waals surface area contributed by atoms with Crippen LogP contribution in [-0.2, 0) is 0 Å². The Morgan fingerprint density at radius 2 is 1.98 bits per heavy atom.